The Labute approximate surface area is 148 Å². The molecule has 25 heavy (non-hydrogen) atoms. The van der Waals surface area contributed by atoms with Crippen LogP contribution in [0.1, 0.15) is 47.0 Å². The Morgan fingerprint density at radius 1 is 1.20 bits per heavy atom. The first-order valence-electron chi connectivity index (χ1n) is 8.37. The van der Waals surface area contributed by atoms with E-state index in [0.717, 1.165) is 0 Å². The molecule has 3 unspecified atom stereocenters. The number of allylic oxidation sites excluding steroid dienone is 1. The van der Waals surface area contributed by atoms with E-state index in [0.29, 0.717) is 6.42 Å². The highest BCUT2D eigenvalue weighted by molar-refractivity contribution is 5.81. The van der Waals surface area contributed by atoms with Gasteiger partial charge in [-0.05, 0) is 20.3 Å². The van der Waals surface area contributed by atoms with Gasteiger partial charge < -0.3 is 24.6 Å². The lowest BCUT2D eigenvalue weighted by atomic mass is 10.0. The third-order valence-electron chi connectivity index (χ3n) is 3.16. The molecule has 0 aliphatic heterocycles. The van der Waals surface area contributed by atoms with Gasteiger partial charge >= 0.3 is 18.0 Å². The van der Waals surface area contributed by atoms with E-state index in [4.69, 9.17) is 14.2 Å². The highest BCUT2D eigenvalue weighted by Gasteiger charge is 2.21. The van der Waals surface area contributed by atoms with Gasteiger partial charge in [-0.3, -0.25) is 4.79 Å². The Bertz CT molecular complexity index is 450. The number of rotatable bonds is 11. The molecule has 144 valence electrons. The molecule has 0 bridgehead atoms. The number of nitrogens with one attached hydrogen (secondary N) is 1. The molecule has 0 aliphatic carbocycles. The standard InChI is InChI=1S/C17H29NO7/c1-5-7-16(21)23-9-8-18-17(22)24-12(3)10-15(25-13(4)19)11-14(20)6-2/h5,7,12,14-15,20H,6,8-11H2,1-4H3,(H,18,22)/b7-5+. The van der Waals surface area contributed by atoms with Crippen molar-refractivity contribution >= 4 is 18.0 Å². The molecule has 8 heteroatoms. The molecular weight excluding hydrogens is 330 g/mol. The normalized spacial score (nSPS) is 14.4. The Morgan fingerprint density at radius 3 is 2.44 bits per heavy atom. The molecule has 8 nitrogen and oxygen atoms in total. The minimum atomic E-state index is -0.660. The molecule has 0 fully saturated rings. The largest absolute Gasteiger partial charge is 0.462 e. The first-order chi connectivity index (χ1) is 11.8. The topological polar surface area (TPSA) is 111 Å². The molecule has 0 rings (SSSR count). The summed E-state index contributed by atoms with van der Waals surface area (Å²) in [5, 5.41) is 12.2. The number of carbonyl (C=O) groups excluding carboxylic acids is 3. The molecule has 0 heterocycles. The second-order valence-corrected chi connectivity index (χ2v) is 5.58. The molecule has 2 N–H and O–H groups in total. The van der Waals surface area contributed by atoms with Crippen LogP contribution < -0.4 is 5.32 Å². The van der Waals surface area contributed by atoms with Crippen LogP contribution in [0.5, 0.6) is 0 Å². The Morgan fingerprint density at radius 2 is 1.88 bits per heavy atom. The molecule has 0 aromatic carbocycles. The maximum Gasteiger partial charge on any atom is 0.407 e. The van der Waals surface area contributed by atoms with Crippen molar-refractivity contribution in [3.8, 4) is 0 Å². The van der Waals surface area contributed by atoms with Crippen molar-refractivity contribution in [1.82, 2.24) is 5.32 Å². The van der Waals surface area contributed by atoms with E-state index in [2.05, 4.69) is 5.32 Å². The lowest BCUT2D eigenvalue weighted by Gasteiger charge is -2.23. The van der Waals surface area contributed by atoms with Crippen molar-refractivity contribution < 1.29 is 33.7 Å². The van der Waals surface area contributed by atoms with E-state index >= 15 is 0 Å². The number of ether oxygens (including phenoxy) is 3. The van der Waals surface area contributed by atoms with Gasteiger partial charge in [-0.1, -0.05) is 13.0 Å². The number of carbonyl (C=O) groups is 3. The average molecular weight is 359 g/mol. The molecule has 1 amide bonds. The minimum absolute atomic E-state index is 0.0332. The van der Waals surface area contributed by atoms with Crippen LogP contribution in [0, 0.1) is 0 Å². The van der Waals surface area contributed by atoms with E-state index in [-0.39, 0.29) is 26.0 Å². The van der Waals surface area contributed by atoms with Crippen LogP contribution in [0.2, 0.25) is 0 Å². The number of hydrogen-bond donors (Lipinski definition) is 2. The fraction of sp³-hybridized carbons (Fsp3) is 0.706. The van der Waals surface area contributed by atoms with Crippen LogP contribution in [-0.4, -0.2) is 54.6 Å². The van der Waals surface area contributed by atoms with Gasteiger partial charge in [0.05, 0.1) is 12.6 Å². The van der Waals surface area contributed by atoms with Crippen LogP contribution in [0.3, 0.4) is 0 Å². The van der Waals surface area contributed by atoms with E-state index < -0.39 is 36.3 Å². The zero-order valence-corrected chi connectivity index (χ0v) is 15.3. The number of esters is 2. The first kappa shape index (κ1) is 22.9. The molecule has 0 radical (unpaired) electrons. The molecule has 0 spiro atoms. The Hall–Kier alpha value is -2.09. The predicted molar refractivity (Wildman–Crippen MR) is 90.8 cm³/mol. The van der Waals surface area contributed by atoms with Crippen molar-refractivity contribution in [2.45, 2.75) is 65.3 Å². The molecule has 0 aromatic rings. The quantitative estimate of drug-likeness (QED) is 0.250. The van der Waals surface area contributed by atoms with Gasteiger partial charge in [-0.25, -0.2) is 9.59 Å². The molecule has 0 aromatic heterocycles. The highest BCUT2D eigenvalue weighted by Crippen LogP contribution is 2.14. The zero-order chi connectivity index (χ0) is 19.2. The molecule has 0 aliphatic rings. The van der Waals surface area contributed by atoms with Gasteiger partial charge in [0.25, 0.3) is 0 Å². The third-order valence-corrected chi connectivity index (χ3v) is 3.16. The maximum absolute atomic E-state index is 11.7. The Balaban J connectivity index is 4.17. The fourth-order valence-electron chi connectivity index (χ4n) is 2.03. The van der Waals surface area contributed by atoms with Gasteiger partial charge in [0.2, 0.25) is 0 Å². The average Bonchev–Trinajstić information content (AvgIpc) is 2.50. The monoisotopic (exact) mass is 359 g/mol. The van der Waals surface area contributed by atoms with Crippen molar-refractivity contribution in [2.24, 2.45) is 0 Å². The predicted octanol–water partition coefficient (Wildman–Crippen LogP) is 1.70. The van der Waals surface area contributed by atoms with Crippen molar-refractivity contribution in [1.29, 1.82) is 0 Å². The second-order valence-electron chi connectivity index (χ2n) is 5.58. The Kier molecular flexibility index (Phi) is 12.1. The van der Waals surface area contributed by atoms with Gasteiger partial charge in [0, 0.05) is 25.8 Å². The summed E-state index contributed by atoms with van der Waals surface area (Å²) < 4.78 is 15.1. The van der Waals surface area contributed by atoms with Crippen molar-refractivity contribution in [2.75, 3.05) is 13.2 Å². The van der Waals surface area contributed by atoms with Crippen molar-refractivity contribution in [3.05, 3.63) is 12.2 Å². The SMILES string of the molecule is C/C=C/C(=O)OCCNC(=O)OC(C)CC(CC(O)CC)OC(C)=O. The van der Waals surface area contributed by atoms with Gasteiger partial charge in [-0.2, -0.15) is 0 Å². The summed E-state index contributed by atoms with van der Waals surface area (Å²) in [6.45, 7) is 6.63. The minimum Gasteiger partial charge on any atom is -0.462 e. The van der Waals surface area contributed by atoms with Crippen LogP contribution >= 0.6 is 0 Å². The lowest BCUT2D eigenvalue weighted by molar-refractivity contribution is -0.149. The number of aliphatic hydroxyl groups is 1. The summed E-state index contributed by atoms with van der Waals surface area (Å²) in [6.07, 6.45) is 1.65. The second kappa shape index (κ2) is 13.2. The molecule has 0 saturated heterocycles. The van der Waals surface area contributed by atoms with E-state index in [1.807, 2.05) is 6.92 Å². The van der Waals surface area contributed by atoms with E-state index in [1.165, 1.54) is 13.0 Å². The maximum atomic E-state index is 11.7. The van der Waals surface area contributed by atoms with Gasteiger partial charge in [-0.15, -0.1) is 0 Å². The van der Waals surface area contributed by atoms with E-state index in [1.54, 1.807) is 19.9 Å². The number of alkyl carbamates (subject to hydrolysis) is 1. The van der Waals surface area contributed by atoms with Crippen LogP contribution in [0.25, 0.3) is 0 Å². The summed E-state index contributed by atoms with van der Waals surface area (Å²) in [5.41, 5.74) is 0. The third kappa shape index (κ3) is 12.9. The summed E-state index contributed by atoms with van der Waals surface area (Å²) in [5.74, 6) is -0.933. The summed E-state index contributed by atoms with van der Waals surface area (Å²) in [7, 11) is 0. The lowest BCUT2D eigenvalue weighted by Crippen LogP contribution is -2.33. The number of aliphatic hydroxyl groups excluding tert-OH is 1. The summed E-state index contributed by atoms with van der Waals surface area (Å²) in [4.78, 5) is 33.9. The number of amides is 1. The molecule has 3 atom stereocenters. The van der Waals surface area contributed by atoms with Crippen molar-refractivity contribution in [3.63, 3.8) is 0 Å². The van der Waals surface area contributed by atoms with E-state index in [9.17, 15) is 19.5 Å². The smallest absolute Gasteiger partial charge is 0.407 e. The molecule has 0 saturated carbocycles. The van der Waals surface area contributed by atoms with Crippen LogP contribution in [0.15, 0.2) is 12.2 Å². The fourth-order valence-corrected chi connectivity index (χ4v) is 2.03. The number of hydrogen-bond acceptors (Lipinski definition) is 7. The van der Waals surface area contributed by atoms with Gasteiger partial charge in [0.1, 0.15) is 18.8 Å². The van der Waals surface area contributed by atoms with Crippen LogP contribution in [0.4, 0.5) is 4.79 Å². The zero-order valence-electron chi connectivity index (χ0n) is 15.3. The van der Waals surface area contributed by atoms with Crippen LogP contribution in [-0.2, 0) is 23.8 Å². The summed E-state index contributed by atoms with van der Waals surface area (Å²) >= 11 is 0. The first-order valence-corrected chi connectivity index (χ1v) is 8.37. The summed E-state index contributed by atoms with van der Waals surface area (Å²) in [6, 6.07) is 0. The van der Waals surface area contributed by atoms with Gasteiger partial charge in [0.15, 0.2) is 0 Å². The molecular formula is C17H29NO7. The highest BCUT2D eigenvalue weighted by atomic mass is 16.6.